The van der Waals surface area contributed by atoms with Gasteiger partial charge in [0.1, 0.15) is 10.5 Å². The van der Waals surface area contributed by atoms with Gasteiger partial charge in [-0.3, -0.25) is 4.98 Å². The van der Waals surface area contributed by atoms with Crippen LogP contribution in [0.3, 0.4) is 0 Å². The number of aromatic nitrogens is 3. The van der Waals surface area contributed by atoms with E-state index < -0.39 is 0 Å². The van der Waals surface area contributed by atoms with Crippen molar-refractivity contribution in [2.45, 2.75) is 10.2 Å². The van der Waals surface area contributed by atoms with E-state index in [2.05, 4.69) is 15.0 Å². The van der Waals surface area contributed by atoms with Crippen molar-refractivity contribution in [2.24, 2.45) is 0 Å². The fraction of sp³-hybridized carbons (Fsp3) is 0. The Morgan fingerprint density at radius 3 is 2.71 bits per heavy atom. The number of nitrogens with zero attached hydrogens (tertiary/aromatic N) is 3. The second-order valence-corrected chi connectivity index (χ2v) is 5.48. The molecule has 21 heavy (non-hydrogen) atoms. The number of nitrogen functional groups attached to an aromatic ring is 1. The van der Waals surface area contributed by atoms with Gasteiger partial charge in [0.2, 0.25) is 0 Å². The van der Waals surface area contributed by atoms with Crippen LogP contribution in [0.5, 0.6) is 0 Å². The van der Waals surface area contributed by atoms with Gasteiger partial charge in [-0.05, 0) is 42.1 Å². The minimum Gasteiger partial charge on any atom is -0.431 e. The average molecular weight is 294 g/mol. The molecular formula is C15H10N4OS. The van der Waals surface area contributed by atoms with Gasteiger partial charge >= 0.3 is 0 Å². The van der Waals surface area contributed by atoms with Gasteiger partial charge in [-0.2, -0.15) is 0 Å². The standard InChI is InChI=1S/C15H10N4OS/c16-9-5-6-13-12(7-9)19-15(20-13)21-14-8-17-10-3-1-2-4-11(10)18-14/h1-8H,16H2. The lowest BCUT2D eigenvalue weighted by Gasteiger charge is -1.98. The molecule has 0 radical (unpaired) electrons. The van der Waals surface area contributed by atoms with Gasteiger partial charge in [0.15, 0.2) is 5.58 Å². The van der Waals surface area contributed by atoms with E-state index in [0.29, 0.717) is 16.5 Å². The van der Waals surface area contributed by atoms with E-state index in [1.54, 1.807) is 18.3 Å². The molecule has 102 valence electrons. The Labute approximate surface area is 124 Å². The summed E-state index contributed by atoms with van der Waals surface area (Å²) in [6, 6.07) is 13.1. The lowest BCUT2D eigenvalue weighted by atomic mass is 10.3. The second-order valence-electron chi connectivity index (χ2n) is 4.51. The van der Waals surface area contributed by atoms with E-state index in [-0.39, 0.29) is 0 Å². The fourth-order valence-electron chi connectivity index (χ4n) is 2.05. The van der Waals surface area contributed by atoms with Gasteiger partial charge in [-0.1, -0.05) is 12.1 Å². The van der Waals surface area contributed by atoms with Crippen molar-refractivity contribution in [2.75, 3.05) is 5.73 Å². The first-order valence-electron chi connectivity index (χ1n) is 6.34. The lowest BCUT2D eigenvalue weighted by Crippen LogP contribution is -1.86. The van der Waals surface area contributed by atoms with Crippen molar-refractivity contribution in [3.05, 3.63) is 48.7 Å². The van der Waals surface area contributed by atoms with Crippen molar-refractivity contribution < 1.29 is 4.42 Å². The number of oxazole rings is 1. The van der Waals surface area contributed by atoms with Crippen LogP contribution in [0.25, 0.3) is 22.1 Å². The molecule has 0 amide bonds. The van der Waals surface area contributed by atoms with Gasteiger partial charge in [0, 0.05) is 5.69 Å². The zero-order valence-electron chi connectivity index (χ0n) is 10.9. The minimum absolute atomic E-state index is 0.528. The molecule has 0 atom stereocenters. The normalized spacial score (nSPS) is 11.2. The zero-order valence-corrected chi connectivity index (χ0v) is 11.7. The van der Waals surface area contributed by atoms with Gasteiger partial charge in [-0.25, -0.2) is 9.97 Å². The predicted molar refractivity (Wildman–Crippen MR) is 82.1 cm³/mol. The summed E-state index contributed by atoms with van der Waals surface area (Å²) in [5, 5.41) is 1.27. The fourth-order valence-corrected chi connectivity index (χ4v) is 2.75. The first-order valence-corrected chi connectivity index (χ1v) is 7.15. The number of fused-ring (bicyclic) bond motifs is 2. The Balaban J connectivity index is 1.71. The maximum absolute atomic E-state index is 5.74. The number of hydrogen-bond donors (Lipinski definition) is 1. The zero-order chi connectivity index (χ0) is 14.2. The van der Waals surface area contributed by atoms with Crippen molar-refractivity contribution in [3.8, 4) is 0 Å². The van der Waals surface area contributed by atoms with Gasteiger partial charge < -0.3 is 10.2 Å². The summed E-state index contributed by atoms with van der Waals surface area (Å²) in [6.07, 6.45) is 1.72. The molecular weight excluding hydrogens is 284 g/mol. The molecule has 2 aromatic carbocycles. The van der Waals surface area contributed by atoms with Gasteiger partial charge in [-0.15, -0.1) is 0 Å². The number of hydrogen-bond acceptors (Lipinski definition) is 6. The van der Waals surface area contributed by atoms with Crippen molar-refractivity contribution >= 4 is 39.6 Å². The van der Waals surface area contributed by atoms with Crippen LogP contribution >= 0.6 is 11.8 Å². The summed E-state index contributed by atoms with van der Waals surface area (Å²) < 4.78 is 5.67. The molecule has 0 aliphatic rings. The Kier molecular flexibility index (Phi) is 2.75. The summed E-state index contributed by atoms with van der Waals surface area (Å²) in [5.41, 5.74) is 9.57. The molecule has 0 aliphatic carbocycles. The monoisotopic (exact) mass is 294 g/mol. The molecule has 4 aromatic rings. The Morgan fingerprint density at radius 2 is 1.81 bits per heavy atom. The maximum Gasteiger partial charge on any atom is 0.263 e. The molecule has 2 aromatic heterocycles. The maximum atomic E-state index is 5.74. The molecule has 0 bridgehead atoms. The Bertz CT molecular complexity index is 951. The quantitative estimate of drug-likeness (QED) is 0.570. The summed E-state index contributed by atoms with van der Waals surface area (Å²) in [6.45, 7) is 0. The number of nitrogens with two attached hydrogens (primary N) is 1. The molecule has 0 spiro atoms. The van der Waals surface area contributed by atoms with Crippen LogP contribution in [0.2, 0.25) is 0 Å². The molecule has 6 heteroatoms. The summed E-state index contributed by atoms with van der Waals surface area (Å²) in [4.78, 5) is 13.3. The van der Waals surface area contributed by atoms with Crippen molar-refractivity contribution in [1.82, 2.24) is 15.0 Å². The van der Waals surface area contributed by atoms with E-state index >= 15 is 0 Å². The smallest absolute Gasteiger partial charge is 0.263 e. The summed E-state index contributed by atoms with van der Waals surface area (Å²) >= 11 is 1.34. The molecule has 2 heterocycles. The molecule has 0 fully saturated rings. The van der Waals surface area contributed by atoms with E-state index in [0.717, 1.165) is 21.6 Å². The van der Waals surface area contributed by atoms with Crippen molar-refractivity contribution in [3.63, 3.8) is 0 Å². The first-order chi connectivity index (χ1) is 10.3. The van der Waals surface area contributed by atoms with Crippen LogP contribution in [0, 0.1) is 0 Å². The highest BCUT2D eigenvalue weighted by Crippen LogP contribution is 2.29. The number of benzene rings is 2. The Hall–Kier alpha value is -2.60. The highest BCUT2D eigenvalue weighted by Gasteiger charge is 2.09. The van der Waals surface area contributed by atoms with Crippen LogP contribution in [-0.4, -0.2) is 15.0 Å². The number of anilines is 1. The molecule has 5 nitrogen and oxygen atoms in total. The van der Waals surface area contributed by atoms with E-state index in [4.69, 9.17) is 10.2 Å². The highest BCUT2D eigenvalue weighted by atomic mass is 32.2. The van der Waals surface area contributed by atoms with Gasteiger partial charge in [0.05, 0.1) is 17.2 Å². The summed E-state index contributed by atoms with van der Waals surface area (Å²) in [5.74, 6) is 0. The molecule has 2 N–H and O–H groups in total. The first kappa shape index (κ1) is 12.2. The van der Waals surface area contributed by atoms with E-state index in [1.165, 1.54) is 11.8 Å². The second kappa shape index (κ2) is 4.75. The third-order valence-corrected chi connectivity index (χ3v) is 3.77. The molecule has 0 saturated heterocycles. The minimum atomic E-state index is 0.528. The van der Waals surface area contributed by atoms with Crippen LogP contribution in [-0.2, 0) is 0 Å². The largest absolute Gasteiger partial charge is 0.431 e. The van der Waals surface area contributed by atoms with Crippen LogP contribution < -0.4 is 5.73 Å². The van der Waals surface area contributed by atoms with Crippen LogP contribution in [0.4, 0.5) is 5.69 Å². The lowest BCUT2D eigenvalue weighted by molar-refractivity contribution is 0.489. The van der Waals surface area contributed by atoms with E-state index in [1.807, 2.05) is 30.3 Å². The molecule has 0 saturated carbocycles. The van der Waals surface area contributed by atoms with Gasteiger partial charge in [0.25, 0.3) is 5.22 Å². The third-order valence-electron chi connectivity index (χ3n) is 3.01. The van der Waals surface area contributed by atoms with Crippen molar-refractivity contribution in [1.29, 1.82) is 0 Å². The summed E-state index contributed by atoms with van der Waals surface area (Å²) in [7, 11) is 0. The highest BCUT2D eigenvalue weighted by molar-refractivity contribution is 7.99. The molecule has 0 aliphatic heterocycles. The number of para-hydroxylation sites is 2. The van der Waals surface area contributed by atoms with Crippen LogP contribution in [0.1, 0.15) is 0 Å². The van der Waals surface area contributed by atoms with Crippen LogP contribution in [0.15, 0.2) is 63.3 Å². The topological polar surface area (TPSA) is 77.8 Å². The number of rotatable bonds is 2. The average Bonchev–Trinajstić information content (AvgIpc) is 2.88. The third kappa shape index (κ3) is 2.30. The molecule has 0 unspecified atom stereocenters. The van der Waals surface area contributed by atoms with E-state index in [9.17, 15) is 0 Å². The Morgan fingerprint density at radius 1 is 0.952 bits per heavy atom. The SMILES string of the molecule is Nc1ccc2oc(Sc3cnc4ccccc4n3)nc2c1. The molecule has 4 rings (SSSR count). The predicted octanol–water partition coefficient (Wildman–Crippen LogP) is 3.50.